The first-order valence-electron chi connectivity index (χ1n) is 11.6. The third-order valence-electron chi connectivity index (χ3n) is 7.59. The molecule has 0 amide bonds. The number of β-amino-alcohol motifs (C(OH)–C–C–N with tert-alkyl or cyclic N) is 1. The van der Waals surface area contributed by atoms with Gasteiger partial charge >= 0.3 is 0 Å². The lowest BCUT2D eigenvalue weighted by Gasteiger charge is -2.43. The first-order valence-corrected chi connectivity index (χ1v) is 11.6. The molecule has 1 aromatic heterocycles. The van der Waals surface area contributed by atoms with Crippen LogP contribution in [0.3, 0.4) is 0 Å². The number of rotatable bonds is 2. The summed E-state index contributed by atoms with van der Waals surface area (Å²) in [5, 5.41) is 20.6. The number of piperazine rings is 1. The Hall–Kier alpha value is -3.18. The van der Waals surface area contributed by atoms with E-state index in [0.717, 1.165) is 41.9 Å². The van der Waals surface area contributed by atoms with E-state index in [9.17, 15) is 10.4 Å². The van der Waals surface area contributed by atoms with Gasteiger partial charge in [0.05, 0.1) is 23.2 Å². The minimum Gasteiger partial charge on any atom is -0.390 e. The average molecular weight is 441 g/mol. The number of hydrogen-bond donors (Lipinski definition) is 2. The fourth-order valence-electron chi connectivity index (χ4n) is 5.85. The van der Waals surface area contributed by atoms with Crippen LogP contribution >= 0.6 is 0 Å². The highest BCUT2D eigenvalue weighted by molar-refractivity contribution is 5.95. The van der Waals surface area contributed by atoms with Gasteiger partial charge in [-0.25, -0.2) is 0 Å². The van der Waals surface area contributed by atoms with Crippen LogP contribution in [0.15, 0.2) is 48.7 Å². The van der Waals surface area contributed by atoms with Crippen molar-refractivity contribution in [3.63, 3.8) is 0 Å². The minimum absolute atomic E-state index is 0.185. The number of nitrogens with two attached hydrogens (primary N) is 1. The summed E-state index contributed by atoms with van der Waals surface area (Å²) in [4.78, 5) is 11.7. The SMILES string of the molecule is C[C@@H]1CN(c2ccc(C#N)c3ncccc23)CC2c3ccc(N4C[C@H](N)[C@@H](O)C4)cc3CN21. The Morgan fingerprint density at radius 3 is 2.76 bits per heavy atom. The number of nitrogens with zero attached hydrogens (tertiary/aromatic N) is 5. The van der Waals surface area contributed by atoms with Crippen molar-refractivity contribution in [3.8, 4) is 6.07 Å². The summed E-state index contributed by atoms with van der Waals surface area (Å²) in [5.74, 6) is 0. The first kappa shape index (κ1) is 20.4. The fraction of sp³-hybridized carbons (Fsp3) is 0.385. The van der Waals surface area contributed by atoms with Crippen LogP contribution in [0.2, 0.25) is 0 Å². The van der Waals surface area contributed by atoms with E-state index in [1.165, 1.54) is 11.1 Å². The van der Waals surface area contributed by atoms with Crippen LogP contribution < -0.4 is 15.5 Å². The van der Waals surface area contributed by atoms with E-state index in [-0.39, 0.29) is 6.04 Å². The largest absolute Gasteiger partial charge is 0.390 e. The maximum atomic E-state index is 10.1. The van der Waals surface area contributed by atoms with Crippen LogP contribution in [0.5, 0.6) is 0 Å². The Labute approximate surface area is 193 Å². The van der Waals surface area contributed by atoms with E-state index >= 15 is 0 Å². The zero-order chi connectivity index (χ0) is 22.7. The molecule has 7 heteroatoms. The highest BCUT2D eigenvalue weighted by atomic mass is 16.3. The molecule has 4 atom stereocenters. The summed E-state index contributed by atoms with van der Waals surface area (Å²) in [5.41, 5.74) is 12.5. The lowest BCUT2D eigenvalue weighted by Crippen LogP contribution is -2.51. The van der Waals surface area contributed by atoms with Gasteiger partial charge in [-0.2, -0.15) is 5.26 Å². The van der Waals surface area contributed by atoms with Crippen LogP contribution in [0.25, 0.3) is 10.9 Å². The summed E-state index contributed by atoms with van der Waals surface area (Å²) < 4.78 is 0. The summed E-state index contributed by atoms with van der Waals surface area (Å²) in [6.45, 7) is 6.36. The zero-order valence-corrected chi connectivity index (χ0v) is 18.7. The molecule has 2 aromatic carbocycles. The van der Waals surface area contributed by atoms with Crippen LogP contribution in [0.4, 0.5) is 11.4 Å². The van der Waals surface area contributed by atoms with Gasteiger partial charge in [-0.05, 0) is 54.4 Å². The molecule has 6 rings (SSSR count). The number of nitriles is 1. The molecule has 2 saturated heterocycles. The lowest BCUT2D eigenvalue weighted by molar-refractivity contribution is 0.134. The van der Waals surface area contributed by atoms with Crippen LogP contribution in [-0.4, -0.2) is 59.4 Å². The van der Waals surface area contributed by atoms with Gasteiger partial charge in [0.25, 0.3) is 0 Å². The molecule has 0 saturated carbocycles. The normalized spacial score (nSPS) is 27.0. The number of aliphatic hydroxyl groups excluding tert-OH is 1. The standard InChI is InChI=1S/C26H28N6O/c1-16-11-31(23-7-4-17(10-27)26-21(23)3-2-8-29-26)14-24-20-6-5-19(9-18(20)12-32(16)24)30-13-22(28)25(33)15-30/h2-9,16,22,24-25,33H,11-15,28H2,1H3/t16-,22+,24?,25+/m1/s1. The molecule has 3 aliphatic heterocycles. The van der Waals surface area contributed by atoms with Gasteiger partial charge in [0, 0.05) is 67.8 Å². The highest BCUT2D eigenvalue weighted by Gasteiger charge is 2.39. The molecule has 1 unspecified atom stereocenters. The molecule has 3 N–H and O–H groups in total. The second-order valence-electron chi connectivity index (χ2n) is 9.61. The maximum absolute atomic E-state index is 10.1. The van der Waals surface area contributed by atoms with Crippen molar-refractivity contribution >= 4 is 22.3 Å². The third kappa shape index (κ3) is 3.25. The topological polar surface area (TPSA) is 92.7 Å². The fourth-order valence-corrected chi connectivity index (χ4v) is 5.85. The van der Waals surface area contributed by atoms with Gasteiger partial charge in [-0.15, -0.1) is 0 Å². The van der Waals surface area contributed by atoms with Crippen molar-refractivity contribution in [2.75, 3.05) is 36.0 Å². The van der Waals surface area contributed by atoms with Gasteiger partial charge in [0.2, 0.25) is 0 Å². The van der Waals surface area contributed by atoms with E-state index < -0.39 is 6.10 Å². The average Bonchev–Trinajstić information content (AvgIpc) is 3.37. The molecule has 33 heavy (non-hydrogen) atoms. The number of aliphatic hydroxyl groups is 1. The zero-order valence-electron chi connectivity index (χ0n) is 18.7. The molecule has 0 spiro atoms. The number of pyridine rings is 1. The van der Waals surface area contributed by atoms with Crippen molar-refractivity contribution < 1.29 is 5.11 Å². The van der Waals surface area contributed by atoms with E-state index in [2.05, 4.69) is 63.0 Å². The molecule has 0 bridgehead atoms. The Balaban J connectivity index is 1.32. The molecule has 7 nitrogen and oxygen atoms in total. The van der Waals surface area contributed by atoms with Crippen molar-refractivity contribution in [1.82, 2.24) is 9.88 Å². The molecule has 168 valence electrons. The molecule has 3 aromatic rings. The first-order chi connectivity index (χ1) is 16.0. The van der Waals surface area contributed by atoms with Crippen molar-refractivity contribution in [1.29, 1.82) is 5.26 Å². The lowest BCUT2D eigenvalue weighted by atomic mass is 9.99. The molecule has 3 aliphatic rings. The minimum atomic E-state index is -0.463. The van der Waals surface area contributed by atoms with Crippen LogP contribution in [0, 0.1) is 11.3 Å². The predicted octanol–water partition coefficient (Wildman–Crippen LogP) is 2.38. The molecule has 2 fully saturated rings. The van der Waals surface area contributed by atoms with Crippen LogP contribution in [0.1, 0.15) is 29.7 Å². The van der Waals surface area contributed by atoms with Gasteiger partial charge in [0.1, 0.15) is 6.07 Å². The number of aromatic nitrogens is 1. The van der Waals surface area contributed by atoms with Gasteiger partial charge in [0.15, 0.2) is 0 Å². The molecule has 0 radical (unpaired) electrons. The smallest absolute Gasteiger partial charge is 0.101 e. The predicted molar refractivity (Wildman–Crippen MR) is 129 cm³/mol. The maximum Gasteiger partial charge on any atom is 0.101 e. The Kier molecular flexibility index (Phi) is 4.77. The monoisotopic (exact) mass is 440 g/mol. The van der Waals surface area contributed by atoms with Crippen molar-refractivity contribution in [2.45, 2.75) is 37.7 Å². The summed E-state index contributed by atoms with van der Waals surface area (Å²) in [7, 11) is 0. The molecule has 0 aliphatic carbocycles. The second kappa shape index (κ2) is 7.70. The van der Waals surface area contributed by atoms with Gasteiger partial charge in [-0.1, -0.05) is 6.07 Å². The number of fused-ring (bicyclic) bond motifs is 4. The highest BCUT2D eigenvalue weighted by Crippen LogP contribution is 2.42. The second-order valence-corrected chi connectivity index (χ2v) is 9.61. The Bertz CT molecular complexity index is 1260. The van der Waals surface area contributed by atoms with E-state index in [4.69, 9.17) is 5.73 Å². The summed E-state index contributed by atoms with van der Waals surface area (Å²) in [6, 6.07) is 17.5. The van der Waals surface area contributed by atoms with Gasteiger partial charge < -0.3 is 20.6 Å². The molecular weight excluding hydrogens is 412 g/mol. The van der Waals surface area contributed by atoms with Crippen molar-refractivity contribution in [2.24, 2.45) is 5.73 Å². The number of hydrogen-bond acceptors (Lipinski definition) is 7. The Morgan fingerprint density at radius 2 is 1.97 bits per heavy atom. The van der Waals surface area contributed by atoms with Crippen LogP contribution in [-0.2, 0) is 6.54 Å². The Morgan fingerprint density at radius 1 is 1.09 bits per heavy atom. The van der Waals surface area contributed by atoms with E-state index in [1.54, 1.807) is 6.20 Å². The molecular formula is C26H28N6O. The van der Waals surface area contributed by atoms with E-state index in [0.29, 0.717) is 30.7 Å². The van der Waals surface area contributed by atoms with Crippen molar-refractivity contribution in [3.05, 3.63) is 65.4 Å². The number of anilines is 2. The van der Waals surface area contributed by atoms with Gasteiger partial charge in [-0.3, -0.25) is 9.88 Å². The number of benzene rings is 2. The third-order valence-corrected chi connectivity index (χ3v) is 7.59. The van der Waals surface area contributed by atoms with E-state index in [1.807, 2.05) is 12.1 Å². The molecule has 4 heterocycles. The quantitative estimate of drug-likeness (QED) is 0.632. The summed E-state index contributed by atoms with van der Waals surface area (Å²) in [6.07, 6.45) is 1.29. The summed E-state index contributed by atoms with van der Waals surface area (Å²) >= 11 is 0.